The van der Waals surface area contributed by atoms with E-state index in [0.29, 0.717) is 5.56 Å². The molecule has 0 radical (unpaired) electrons. The van der Waals surface area contributed by atoms with Crippen LogP contribution in [-0.4, -0.2) is 58.8 Å². The zero-order valence-electron chi connectivity index (χ0n) is 19.3. The molecule has 0 aliphatic carbocycles. The summed E-state index contributed by atoms with van der Waals surface area (Å²) >= 11 is 0. The summed E-state index contributed by atoms with van der Waals surface area (Å²) in [7, 11) is 0. The zero-order valence-corrected chi connectivity index (χ0v) is 19.3. The maximum atomic E-state index is 12.4. The van der Waals surface area contributed by atoms with Crippen LogP contribution in [-0.2, 0) is 23.9 Å². The highest BCUT2D eigenvalue weighted by atomic mass is 16.6. The van der Waals surface area contributed by atoms with E-state index in [0.717, 1.165) is 32.4 Å². The lowest BCUT2D eigenvalue weighted by atomic mass is 10.0. The second kappa shape index (κ2) is 12.2. The molecule has 1 aliphatic rings. The largest absolute Gasteiger partial charge is 0.478 e. The zero-order chi connectivity index (χ0) is 24.4. The van der Waals surface area contributed by atoms with Crippen molar-refractivity contribution in [1.29, 1.82) is 0 Å². The fraction of sp³-hybridized carbons (Fsp3) is 0.565. The Morgan fingerprint density at radius 1 is 1.03 bits per heavy atom. The highest BCUT2D eigenvalue weighted by Gasteiger charge is 2.35. The van der Waals surface area contributed by atoms with E-state index < -0.39 is 35.8 Å². The van der Waals surface area contributed by atoms with Crippen molar-refractivity contribution in [2.24, 2.45) is 0 Å². The minimum atomic E-state index is -1.71. The molecule has 10 heteroatoms. The molecule has 1 heterocycles. The van der Waals surface area contributed by atoms with Crippen LogP contribution >= 0.6 is 0 Å². The first-order valence-corrected chi connectivity index (χ1v) is 11.1. The molecule has 2 atom stereocenters. The van der Waals surface area contributed by atoms with E-state index in [1.54, 1.807) is 51.1 Å². The maximum Gasteiger partial charge on any atom is 0.408 e. The third-order valence-corrected chi connectivity index (χ3v) is 4.83. The molecule has 1 aromatic carbocycles. The molecule has 1 fully saturated rings. The number of piperidine rings is 1. The number of benzene rings is 1. The van der Waals surface area contributed by atoms with E-state index in [4.69, 9.17) is 9.47 Å². The fourth-order valence-corrected chi connectivity index (χ4v) is 3.34. The molecule has 1 aromatic rings. The third kappa shape index (κ3) is 9.48. The molecule has 1 aliphatic heterocycles. The van der Waals surface area contributed by atoms with Gasteiger partial charge in [-0.05, 0) is 39.2 Å². The van der Waals surface area contributed by atoms with E-state index in [-0.39, 0.29) is 18.7 Å². The number of carbonyl (C=O) groups is 4. The molecule has 0 spiro atoms. The van der Waals surface area contributed by atoms with Crippen LogP contribution in [0.4, 0.5) is 4.79 Å². The summed E-state index contributed by atoms with van der Waals surface area (Å²) in [6.45, 7) is 6.54. The number of alkyl carbamates (subject to hydrolysis) is 1. The first kappa shape index (κ1) is 26.1. The van der Waals surface area contributed by atoms with Crippen molar-refractivity contribution in [3.8, 4) is 0 Å². The summed E-state index contributed by atoms with van der Waals surface area (Å²) in [5.41, 5.74) is 2.36. The number of esters is 1. The lowest BCUT2D eigenvalue weighted by molar-refractivity contribution is -0.166. The number of hydrogen-bond acceptors (Lipinski definition) is 7. The Morgan fingerprint density at radius 3 is 2.24 bits per heavy atom. The summed E-state index contributed by atoms with van der Waals surface area (Å²) in [6, 6.07) is 7.10. The lowest BCUT2D eigenvalue weighted by Crippen LogP contribution is -2.45. The average molecular weight is 464 g/mol. The molecule has 0 unspecified atom stereocenters. The van der Waals surface area contributed by atoms with Crippen molar-refractivity contribution in [2.75, 3.05) is 13.1 Å². The van der Waals surface area contributed by atoms with E-state index in [2.05, 4.69) is 10.7 Å². The molecule has 0 aromatic heterocycles. The molecule has 1 saturated heterocycles. The van der Waals surface area contributed by atoms with Gasteiger partial charge in [-0.2, -0.15) is 0 Å². The third-order valence-electron chi connectivity index (χ3n) is 4.83. The van der Waals surface area contributed by atoms with Gasteiger partial charge in [0, 0.05) is 19.5 Å². The molecule has 0 saturated carbocycles. The minimum absolute atomic E-state index is 0.142. The van der Waals surface area contributed by atoms with Gasteiger partial charge in [-0.25, -0.2) is 14.6 Å². The predicted octanol–water partition coefficient (Wildman–Crippen LogP) is 2.55. The Labute approximate surface area is 193 Å². The van der Waals surface area contributed by atoms with Gasteiger partial charge in [0.15, 0.2) is 0 Å². The first-order valence-electron chi connectivity index (χ1n) is 11.1. The maximum absolute atomic E-state index is 12.4. The highest BCUT2D eigenvalue weighted by Crippen LogP contribution is 2.22. The van der Waals surface area contributed by atoms with Gasteiger partial charge in [-0.3, -0.25) is 15.0 Å². The number of carboxylic acids is 1. The van der Waals surface area contributed by atoms with Crippen molar-refractivity contribution in [3.63, 3.8) is 0 Å². The van der Waals surface area contributed by atoms with Crippen LogP contribution in [0.1, 0.15) is 64.5 Å². The molecular formula is C23H33N3O7. The summed E-state index contributed by atoms with van der Waals surface area (Å²) in [5.74, 6) is -2.64. The summed E-state index contributed by atoms with van der Waals surface area (Å²) < 4.78 is 10.4. The Balaban J connectivity index is 2.03. The summed E-state index contributed by atoms with van der Waals surface area (Å²) in [5, 5.41) is 14.0. The second-order valence-electron chi connectivity index (χ2n) is 8.87. The average Bonchev–Trinajstić information content (AvgIpc) is 2.74. The number of nitrogens with zero attached hydrogens (tertiary/aromatic N) is 1. The minimum Gasteiger partial charge on any atom is -0.478 e. The van der Waals surface area contributed by atoms with Crippen LogP contribution in [0.15, 0.2) is 30.3 Å². The highest BCUT2D eigenvalue weighted by molar-refractivity contribution is 5.83. The number of ether oxygens (including phenoxy) is 2. The van der Waals surface area contributed by atoms with Crippen LogP contribution in [0.5, 0.6) is 0 Å². The van der Waals surface area contributed by atoms with Crippen LogP contribution in [0, 0.1) is 0 Å². The molecule has 10 nitrogen and oxygen atoms in total. The Kier molecular flexibility index (Phi) is 9.65. The fourth-order valence-electron chi connectivity index (χ4n) is 3.34. The van der Waals surface area contributed by atoms with Gasteiger partial charge in [0.25, 0.3) is 0 Å². The lowest BCUT2D eigenvalue weighted by Gasteiger charge is -2.28. The van der Waals surface area contributed by atoms with Crippen LogP contribution < -0.4 is 10.7 Å². The van der Waals surface area contributed by atoms with Crippen molar-refractivity contribution in [1.82, 2.24) is 15.8 Å². The van der Waals surface area contributed by atoms with E-state index in [1.807, 2.05) is 5.01 Å². The number of hydrazine groups is 1. The Bertz CT molecular complexity index is 817. The van der Waals surface area contributed by atoms with Crippen LogP contribution in [0.2, 0.25) is 0 Å². The topological polar surface area (TPSA) is 134 Å². The van der Waals surface area contributed by atoms with Gasteiger partial charge in [0.1, 0.15) is 11.6 Å². The van der Waals surface area contributed by atoms with Gasteiger partial charge >= 0.3 is 18.0 Å². The number of amides is 2. The number of carboxylic acid groups (broad SMARTS) is 1. The molecular weight excluding hydrogens is 430 g/mol. The molecule has 2 rings (SSSR count). The number of rotatable bonds is 9. The molecule has 0 bridgehead atoms. The first-order chi connectivity index (χ1) is 15.5. The Hall–Kier alpha value is -3.14. The monoisotopic (exact) mass is 463 g/mol. The van der Waals surface area contributed by atoms with Crippen molar-refractivity contribution >= 4 is 23.9 Å². The van der Waals surface area contributed by atoms with Crippen LogP contribution in [0.3, 0.4) is 0 Å². The van der Waals surface area contributed by atoms with Crippen molar-refractivity contribution < 1.29 is 33.8 Å². The van der Waals surface area contributed by atoms with Gasteiger partial charge < -0.3 is 19.9 Å². The van der Waals surface area contributed by atoms with Gasteiger partial charge in [0.2, 0.25) is 12.0 Å². The van der Waals surface area contributed by atoms with E-state index >= 15 is 0 Å². The molecule has 2 amide bonds. The van der Waals surface area contributed by atoms with E-state index in [9.17, 15) is 24.3 Å². The van der Waals surface area contributed by atoms with Gasteiger partial charge in [-0.1, -0.05) is 36.8 Å². The predicted molar refractivity (Wildman–Crippen MR) is 119 cm³/mol. The quantitative estimate of drug-likeness (QED) is 0.476. The summed E-state index contributed by atoms with van der Waals surface area (Å²) in [6.07, 6.45) is 0.114. The molecule has 182 valence electrons. The van der Waals surface area contributed by atoms with Gasteiger partial charge in [0.05, 0.1) is 6.42 Å². The number of carbonyl (C=O) groups excluding carboxylic acids is 3. The standard InChI is InChI=1S/C23H33N3O7/c1-23(2,3)33-22(31)24-19(16-10-6-4-7-11-16)20(21(29)30)32-18(28)13-12-17(27)25-26-14-8-5-9-15-26/h4,6-7,10-11,19-20H,5,8-9,12-15H2,1-3H3,(H,24,31)(H,25,27)(H,29,30)/t19-,20+/m0/s1. The molecule has 33 heavy (non-hydrogen) atoms. The number of aliphatic carboxylic acids is 1. The van der Waals surface area contributed by atoms with Crippen molar-refractivity contribution in [2.45, 2.75) is 70.6 Å². The normalized spacial score (nSPS) is 16.2. The Morgan fingerprint density at radius 2 is 1.67 bits per heavy atom. The number of hydrogen-bond donors (Lipinski definition) is 3. The number of nitrogens with one attached hydrogen (secondary N) is 2. The van der Waals surface area contributed by atoms with Crippen molar-refractivity contribution in [3.05, 3.63) is 35.9 Å². The van der Waals surface area contributed by atoms with Crippen LogP contribution in [0.25, 0.3) is 0 Å². The van der Waals surface area contributed by atoms with E-state index in [1.165, 1.54) is 0 Å². The van der Waals surface area contributed by atoms with Gasteiger partial charge in [-0.15, -0.1) is 0 Å². The summed E-state index contributed by atoms with van der Waals surface area (Å²) in [4.78, 5) is 48.8. The SMILES string of the molecule is CC(C)(C)OC(=O)N[C@@H](c1ccccc1)[C@@H](OC(=O)CCC(=O)NN1CCCCC1)C(=O)O. The smallest absolute Gasteiger partial charge is 0.408 e. The second-order valence-corrected chi connectivity index (χ2v) is 8.87. The molecule has 3 N–H and O–H groups in total.